The maximum absolute atomic E-state index is 13.0. The zero-order chi connectivity index (χ0) is 20.6. The molecule has 2 aliphatic heterocycles. The predicted molar refractivity (Wildman–Crippen MR) is 108 cm³/mol. The normalized spacial score (nSPS) is 20.5. The number of hydrogen-bond acceptors (Lipinski definition) is 4. The molecule has 1 fully saturated rings. The number of nitrogens with zero attached hydrogens (tertiary/aromatic N) is 3. The zero-order valence-electron chi connectivity index (χ0n) is 17.0. The van der Waals surface area contributed by atoms with Crippen molar-refractivity contribution in [3.05, 3.63) is 23.8 Å². The average Bonchev–Trinajstić information content (AvgIpc) is 2.97. The summed E-state index contributed by atoms with van der Waals surface area (Å²) in [5.74, 6) is 0.393. The summed E-state index contributed by atoms with van der Waals surface area (Å²) >= 11 is 0. The number of carbonyl (C=O) groups is 2. The quantitative estimate of drug-likeness (QED) is 0.763. The summed E-state index contributed by atoms with van der Waals surface area (Å²) < 4.78 is 27.1. The van der Waals surface area contributed by atoms with E-state index >= 15 is 0 Å². The van der Waals surface area contributed by atoms with Crippen molar-refractivity contribution in [2.75, 3.05) is 31.6 Å². The predicted octanol–water partition coefficient (Wildman–Crippen LogP) is 1.86. The standard InChI is InChI=1S/C20H29N3O4S/c1-14-7-9-22(10-8-14)20(25)13-21(4)28(26,27)18-5-6-19-17(12-18)11-15(2)23(19)16(3)24/h5-6,12,14-15H,7-11,13H2,1-4H3. The van der Waals surface area contributed by atoms with Crippen molar-refractivity contribution in [2.45, 2.75) is 51.0 Å². The molecule has 8 heteroatoms. The van der Waals surface area contributed by atoms with E-state index in [2.05, 4.69) is 6.92 Å². The Hall–Kier alpha value is -1.93. The van der Waals surface area contributed by atoms with E-state index in [1.807, 2.05) is 6.92 Å². The second kappa shape index (κ2) is 7.83. The van der Waals surface area contributed by atoms with Crippen molar-refractivity contribution in [1.82, 2.24) is 9.21 Å². The molecule has 7 nitrogen and oxygen atoms in total. The van der Waals surface area contributed by atoms with Gasteiger partial charge in [-0.2, -0.15) is 4.31 Å². The summed E-state index contributed by atoms with van der Waals surface area (Å²) in [6.07, 6.45) is 2.53. The molecule has 1 aromatic rings. The van der Waals surface area contributed by atoms with E-state index < -0.39 is 10.0 Å². The molecule has 154 valence electrons. The van der Waals surface area contributed by atoms with Crippen LogP contribution in [-0.2, 0) is 26.0 Å². The number of amides is 2. The summed E-state index contributed by atoms with van der Waals surface area (Å²) in [7, 11) is -2.34. The molecule has 0 bridgehead atoms. The fourth-order valence-electron chi connectivity index (χ4n) is 4.06. The first-order valence-electron chi connectivity index (χ1n) is 9.78. The number of likely N-dealkylation sites (N-methyl/N-ethyl adjacent to an activating group) is 1. The lowest BCUT2D eigenvalue weighted by Crippen LogP contribution is -2.44. The van der Waals surface area contributed by atoms with Crippen molar-refractivity contribution in [1.29, 1.82) is 0 Å². The Bertz CT molecular complexity index is 875. The molecule has 1 atom stereocenters. The summed E-state index contributed by atoms with van der Waals surface area (Å²) in [6.45, 7) is 6.83. The monoisotopic (exact) mass is 407 g/mol. The van der Waals surface area contributed by atoms with Crippen LogP contribution in [0.1, 0.15) is 39.2 Å². The van der Waals surface area contributed by atoms with Gasteiger partial charge in [-0.15, -0.1) is 0 Å². The van der Waals surface area contributed by atoms with Crippen molar-refractivity contribution in [3.8, 4) is 0 Å². The molecule has 1 saturated heterocycles. The number of carbonyl (C=O) groups excluding carboxylic acids is 2. The van der Waals surface area contributed by atoms with E-state index in [0.717, 1.165) is 28.4 Å². The molecule has 0 saturated carbocycles. The van der Waals surface area contributed by atoms with Gasteiger partial charge in [0.1, 0.15) is 0 Å². The number of benzene rings is 1. The second-order valence-corrected chi connectivity index (χ2v) is 10.1. The Morgan fingerprint density at radius 3 is 2.43 bits per heavy atom. The van der Waals surface area contributed by atoms with Gasteiger partial charge < -0.3 is 9.80 Å². The van der Waals surface area contributed by atoms with E-state index in [1.165, 1.54) is 20.0 Å². The van der Waals surface area contributed by atoms with Gasteiger partial charge in [-0.3, -0.25) is 9.59 Å². The van der Waals surface area contributed by atoms with Gasteiger partial charge >= 0.3 is 0 Å². The summed E-state index contributed by atoms with van der Waals surface area (Å²) in [5.41, 5.74) is 1.61. The van der Waals surface area contributed by atoms with Crippen LogP contribution >= 0.6 is 0 Å². The van der Waals surface area contributed by atoms with Crippen LogP contribution in [-0.4, -0.2) is 62.2 Å². The number of anilines is 1. The van der Waals surface area contributed by atoms with Gasteiger partial charge in [0.2, 0.25) is 21.8 Å². The van der Waals surface area contributed by atoms with Crippen LogP contribution < -0.4 is 4.90 Å². The lowest BCUT2D eigenvalue weighted by atomic mass is 9.99. The van der Waals surface area contributed by atoms with Gasteiger partial charge in [0.15, 0.2) is 0 Å². The molecule has 3 rings (SSSR count). The van der Waals surface area contributed by atoms with Crippen LogP contribution in [0.25, 0.3) is 0 Å². The molecule has 0 radical (unpaired) electrons. The average molecular weight is 408 g/mol. The molecular formula is C20H29N3O4S. The SMILES string of the molecule is CC(=O)N1c2ccc(S(=O)(=O)N(C)CC(=O)N3CCC(C)CC3)cc2CC1C. The van der Waals surface area contributed by atoms with Crippen molar-refractivity contribution < 1.29 is 18.0 Å². The number of rotatable bonds is 4. The van der Waals surface area contributed by atoms with E-state index in [-0.39, 0.29) is 29.3 Å². The molecule has 1 aromatic carbocycles. The molecule has 2 aliphatic rings. The third-order valence-corrected chi connectivity index (χ3v) is 7.61. The van der Waals surface area contributed by atoms with Crippen LogP contribution in [0.2, 0.25) is 0 Å². The smallest absolute Gasteiger partial charge is 0.243 e. The largest absolute Gasteiger partial charge is 0.342 e. The number of fused-ring (bicyclic) bond motifs is 1. The minimum Gasteiger partial charge on any atom is -0.342 e. The van der Waals surface area contributed by atoms with Gasteiger partial charge in [-0.05, 0) is 55.9 Å². The zero-order valence-corrected chi connectivity index (χ0v) is 17.8. The highest BCUT2D eigenvalue weighted by Gasteiger charge is 2.32. The summed E-state index contributed by atoms with van der Waals surface area (Å²) in [5, 5.41) is 0. The first kappa shape index (κ1) is 20.8. The molecule has 28 heavy (non-hydrogen) atoms. The Morgan fingerprint density at radius 1 is 1.18 bits per heavy atom. The first-order valence-corrected chi connectivity index (χ1v) is 11.2. The van der Waals surface area contributed by atoms with Gasteiger partial charge in [-0.1, -0.05) is 6.92 Å². The van der Waals surface area contributed by atoms with Crippen molar-refractivity contribution >= 4 is 27.5 Å². The third kappa shape index (κ3) is 3.93. The summed E-state index contributed by atoms with van der Waals surface area (Å²) in [6, 6.07) is 4.85. The first-order chi connectivity index (χ1) is 13.1. The highest BCUT2D eigenvalue weighted by Crippen LogP contribution is 2.34. The molecule has 0 aromatic heterocycles. The minimum atomic E-state index is -3.78. The fourth-order valence-corrected chi connectivity index (χ4v) is 5.23. The lowest BCUT2D eigenvalue weighted by molar-refractivity contribution is -0.132. The molecular weight excluding hydrogens is 378 g/mol. The van der Waals surface area contributed by atoms with E-state index in [4.69, 9.17) is 0 Å². The Balaban J connectivity index is 1.75. The van der Waals surface area contributed by atoms with Gasteiger partial charge in [-0.25, -0.2) is 8.42 Å². The summed E-state index contributed by atoms with van der Waals surface area (Å²) in [4.78, 5) is 28.0. The number of likely N-dealkylation sites (tertiary alicyclic amines) is 1. The second-order valence-electron chi connectivity index (χ2n) is 8.06. The molecule has 2 amide bonds. The molecule has 0 N–H and O–H groups in total. The number of sulfonamides is 1. The Morgan fingerprint density at radius 2 is 1.82 bits per heavy atom. The maximum Gasteiger partial charge on any atom is 0.243 e. The van der Waals surface area contributed by atoms with Crippen LogP contribution in [0, 0.1) is 5.92 Å². The molecule has 2 heterocycles. The maximum atomic E-state index is 13.0. The number of hydrogen-bond donors (Lipinski definition) is 0. The van der Waals surface area contributed by atoms with E-state index in [0.29, 0.717) is 25.4 Å². The van der Waals surface area contributed by atoms with Crippen LogP contribution in [0.3, 0.4) is 0 Å². The van der Waals surface area contributed by atoms with E-state index in [1.54, 1.807) is 21.9 Å². The van der Waals surface area contributed by atoms with Crippen molar-refractivity contribution in [2.24, 2.45) is 5.92 Å². The van der Waals surface area contributed by atoms with Gasteiger partial charge in [0.25, 0.3) is 0 Å². The Labute approximate surface area is 167 Å². The van der Waals surface area contributed by atoms with Crippen LogP contribution in [0.15, 0.2) is 23.1 Å². The Kier molecular flexibility index (Phi) is 5.82. The number of piperidine rings is 1. The minimum absolute atomic E-state index is 0.00579. The molecule has 0 spiro atoms. The van der Waals surface area contributed by atoms with Crippen molar-refractivity contribution in [3.63, 3.8) is 0 Å². The molecule has 0 aliphatic carbocycles. The topological polar surface area (TPSA) is 78.0 Å². The van der Waals surface area contributed by atoms with Crippen LogP contribution in [0.5, 0.6) is 0 Å². The molecule has 1 unspecified atom stereocenters. The highest BCUT2D eigenvalue weighted by atomic mass is 32.2. The fraction of sp³-hybridized carbons (Fsp3) is 0.600. The van der Waals surface area contributed by atoms with Gasteiger partial charge in [0, 0.05) is 38.8 Å². The van der Waals surface area contributed by atoms with E-state index in [9.17, 15) is 18.0 Å². The van der Waals surface area contributed by atoms with Crippen LogP contribution in [0.4, 0.5) is 5.69 Å². The van der Waals surface area contributed by atoms with Gasteiger partial charge in [0.05, 0.1) is 11.4 Å². The third-order valence-electron chi connectivity index (χ3n) is 5.81. The lowest BCUT2D eigenvalue weighted by Gasteiger charge is -2.31. The highest BCUT2D eigenvalue weighted by molar-refractivity contribution is 7.89.